The second-order valence-electron chi connectivity index (χ2n) is 7.53. The summed E-state index contributed by atoms with van der Waals surface area (Å²) in [6.45, 7) is 12.3. The van der Waals surface area contributed by atoms with Crippen molar-refractivity contribution in [2.24, 2.45) is 5.92 Å². The quantitative estimate of drug-likeness (QED) is 0.409. The summed E-state index contributed by atoms with van der Waals surface area (Å²) in [4.78, 5) is 12.2. The van der Waals surface area contributed by atoms with Crippen LogP contribution in [-0.4, -0.2) is 32.0 Å². The molecule has 146 valence electrons. The summed E-state index contributed by atoms with van der Waals surface area (Å²) in [5.74, 6) is -0.542. The fourth-order valence-electron chi connectivity index (χ4n) is 2.65. The predicted octanol–water partition coefficient (Wildman–Crippen LogP) is 4.27. The Labute approximate surface area is 170 Å². The Morgan fingerprint density at radius 3 is 2.50 bits per heavy atom. The smallest absolute Gasteiger partial charge is 0.192 e. The Morgan fingerprint density at radius 2 is 2.00 bits per heavy atom. The van der Waals surface area contributed by atoms with Gasteiger partial charge in [-0.15, -0.1) is 16.8 Å². The van der Waals surface area contributed by atoms with Crippen LogP contribution < -0.4 is 0 Å². The van der Waals surface area contributed by atoms with Gasteiger partial charge in [-0.25, -0.2) is 0 Å². The maximum atomic E-state index is 12.2. The minimum absolute atomic E-state index is 0.0558. The summed E-state index contributed by atoms with van der Waals surface area (Å²) in [5.41, 5.74) is 2.29. The lowest BCUT2D eigenvalue weighted by Crippen LogP contribution is -2.21. The number of Topliss-reactive ketones (excluding diaryl/α,β-unsaturated/α-hetero) is 1. The molecular formula is C21H25N5OS. The van der Waals surface area contributed by atoms with Gasteiger partial charge in [0.2, 0.25) is 0 Å². The van der Waals surface area contributed by atoms with E-state index >= 15 is 0 Å². The highest BCUT2D eigenvalue weighted by atomic mass is 32.2. The van der Waals surface area contributed by atoms with Crippen LogP contribution in [-0.2, 0) is 16.8 Å². The summed E-state index contributed by atoms with van der Waals surface area (Å²) in [5, 5.41) is 25.7. The Hall–Kier alpha value is -2.72. The minimum atomic E-state index is -1.01. The first kappa shape index (κ1) is 21.6. The van der Waals surface area contributed by atoms with Crippen LogP contribution >= 0.6 is 11.8 Å². The summed E-state index contributed by atoms with van der Waals surface area (Å²) in [7, 11) is 0. The number of nitrogens with zero attached hydrogens (tertiary/aromatic N) is 4. The summed E-state index contributed by atoms with van der Waals surface area (Å²) in [6, 6.07) is 10.1. The number of carbonyl (C=O) groups is 1. The molecule has 1 heterocycles. The third kappa shape index (κ3) is 4.96. The number of carbonyl (C=O) groups excluding carboxylic acids is 1. The lowest BCUT2D eigenvalue weighted by Gasteiger charge is -2.19. The minimum Gasteiger partial charge on any atom is -0.308 e. The number of benzene rings is 1. The number of aromatic nitrogens is 3. The molecular weight excluding hydrogens is 370 g/mol. The van der Waals surface area contributed by atoms with E-state index in [4.69, 9.17) is 10.7 Å². The van der Waals surface area contributed by atoms with Crippen LogP contribution in [0.15, 0.2) is 42.1 Å². The third-order valence-electron chi connectivity index (χ3n) is 4.27. The van der Waals surface area contributed by atoms with Crippen molar-refractivity contribution < 1.29 is 4.79 Å². The molecule has 0 fully saturated rings. The van der Waals surface area contributed by atoms with Crippen molar-refractivity contribution in [1.82, 2.24) is 14.8 Å². The highest BCUT2D eigenvalue weighted by Crippen LogP contribution is 2.28. The molecule has 1 N–H and O–H groups in total. The van der Waals surface area contributed by atoms with E-state index in [-0.39, 0.29) is 22.7 Å². The summed E-state index contributed by atoms with van der Waals surface area (Å²) < 4.78 is 1.90. The molecule has 0 aliphatic heterocycles. The van der Waals surface area contributed by atoms with Gasteiger partial charge in [-0.3, -0.25) is 9.36 Å². The van der Waals surface area contributed by atoms with E-state index in [9.17, 15) is 4.79 Å². The SMILES string of the molecule is C=CCn1c(SCC(=O)C(C#N)C(C)=N)nnc1-c1ccc(C(C)(C)C)cc1. The first-order chi connectivity index (χ1) is 13.2. The van der Waals surface area contributed by atoms with Crippen LogP contribution in [0.4, 0.5) is 0 Å². The monoisotopic (exact) mass is 395 g/mol. The first-order valence-corrected chi connectivity index (χ1v) is 9.92. The Bertz CT molecular complexity index is 916. The lowest BCUT2D eigenvalue weighted by molar-refractivity contribution is -0.117. The fourth-order valence-corrected chi connectivity index (χ4v) is 3.50. The van der Waals surface area contributed by atoms with Gasteiger partial charge in [0.05, 0.1) is 11.8 Å². The molecule has 2 aromatic rings. The third-order valence-corrected chi connectivity index (χ3v) is 5.25. The van der Waals surface area contributed by atoms with E-state index < -0.39 is 5.92 Å². The van der Waals surface area contributed by atoms with E-state index in [1.807, 2.05) is 22.8 Å². The number of nitrogens with one attached hydrogen (secondary N) is 1. The van der Waals surface area contributed by atoms with Gasteiger partial charge in [-0.1, -0.05) is 62.9 Å². The van der Waals surface area contributed by atoms with Crippen LogP contribution in [0.25, 0.3) is 11.4 Å². The number of hydrogen-bond acceptors (Lipinski definition) is 6. The molecule has 0 spiro atoms. The molecule has 1 aromatic carbocycles. The van der Waals surface area contributed by atoms with Crippen LogP contribution in [0.1, 0.15) is 33.3 Å². The van der Waals surface area contributed by atoms with Crippen molar-refractivity contribution in [2.75, 3.05) is 5.75 Å². The van der Waals surface area contributed by atoms with Gasteiger partial charge in [-0.2, -0.15) is 5.26 Å². The molecule has 0 aliphatic carbocycles. The van der Waals surface area contributed by atoms with Crippen LogP contribution in [0.3, 0.4) is 0 Å². The van der Waals surface area contributed by atoms with E-state index in [1.165, 1.54) is 24.2 Å². The van der Waals surface area contributed by atoms with Crippen LogP contribution in [0.5, 0.6) is 0 Å². The zero-order valence-corrected chi connectivity index (χ0v) is 17.5. The summed E-state index contributed by atoms with van der Waals surface area (Å²) in [6.07, 6.45) is 1.75. The maximum absolute atomic E-state index is 12.2. The van der Waals surface area contributed by atoms with Gasteiger partial charge in [0.15, 0.2) is 16.8 Å². The van der Waals surface area contributed by atoms with Gasteiger partial charge in [0.1, 0.15) is 5.92 Å². The van der Waals surface area contributed by atoms with Gasteiger partial charge >= 0.3 is 0 Å². The number of ketones is 1. The van der Waals surface area contributed by atoms with Crippen molar-refractivity contribution >= 4 is 23.3 Å². The van der Waals surface area contributed by atoms with Crippen molar-refractivity contribution in [3.05, 3.63) is 42.5 Å². The Balaban J connectivity index is 2.26. The molecule has 1 unspecified atom stereocenters. The molecule has 1 aromatic heterocycles. The number of rotatable bonds is 8. The Kier molecular flexibility index (Phi) is 6.92. The lowest BCUT2D eigenvalue weighted by atomic mass is 9.87. The number of allylic oxidation sites excluding steroid dienone is 1. The van der Waals surface area contributed by atoms with Gasteiger partial charge in [-0.05, 0) is 17.9 Å². The number of hydrogen-bond donors (Lipinski definition) is 1. The first-order valence-electron chi connectivity index (χ1n) is 8.94. The van der Waals surface area contributed by atoms with Crippen molar-refractivity contribution in [2.45, 2.75) is 44.8 Å². The summed E-state index contributed by atoms with van der Waals surface area (Å²) >= 11 is 1.22. The predicted molar refractivity (Wildman–Crippen MR) is 113 cm³/mol. The zero-order valence-electron chi connectivity index (χ0n) is 16.7. The highest BCUT2D eigenvalue weighted by molar-refractivity contribution is 7.99. The van der Waals surface area contributed by atoms with E-state index in [0.29, 0.717) is 17.5 Å². The molecule has 0 bridgehead atoms. The molecule has 6 nitrogen and oxygen atoms in total. The second kappa shape index (κ2) is 8.98. The number of thioether (sulfide) groups is 1. The number of nitriles is 1. The average Bonchev–Trinajstić information content (AvgIpc) is 3.02. The largest absolute Gasteiger partial charge is 0.308 e. The van der Waals surface area contributed by atoms with E-state index in [2.05, 4.69) is 49.7 Å². The molecule has 0 amide bonds. The van der Waals surface area contributed by atoms with Crippen molar-refractivity contribution in [1.29, 1.82) is 10.7 Å². The normalized spacial score (nSPS) is 12.2. The zero-order chi connectivity index (χ0) is 20.9. The van der Waals surface area contributed by atoms with Gasteiger partial charge in [0.25, 0.3) is 0 Å². The molecule has 0 aliphatic rings. The van der Waals surface area contributed by atoms with Crippen LogP contribution in [0, 0.1) is 22.7 Å². The topological polar surface area (TPSA) is 95.4 Å². The molecule has 0 radical (unpaired) electrons. The second-order valence-corrected chi connectivity index (χ2v) is 8.48. The maximum Gasteiger partial charge on any atom is 0.192 e. The van der Waals surface area contributed by atoms with E-state index in [1.54, 1.807) is 6.08 Å². The molecule has 1 atom stereocenters. The fraction of sp³-hybridized carbons (Fsp3) is 0.381. The molecule has 2 rings (SSSR count). The Morgan fingerprint density at radius 1 is 1.36 bits per heavy atom. The van der Waals surface area contributed by atoms with Crippen molar-refractivity contribution in [3.8, 4) is 17.5 Å². The molecule has 0 saturated heterocycles. The highest BCUT2D eigenvalue weighted by Gasteiger charge is 2.22. The van der Waals surface area contributed by atoms with Gasteiger partial charge in [0, 0.05) is 17.8 Å². The van der Waals surface area contributed by atoms with Crippen LogP contribution in [0.2, 0.25) is 0 Å². The molecule has 0 saturated carbocycles. The molecule has 7 heteroatoms. The van der Waals surface area contributed by atoms with E-state index in [0.717, 1.165) is 5.56 Å². The average molecular weight is 396 g/mol. The standard InChI is InChI=1S/C21H25N5OS/c1-6-11-26-19(15-7-9-16(10-8-15)21(3,4)5)24-25-20(26)28-13-18(27)17(12-22)14(2)23/h6-10,17,23H,1,11,13H2,2-5H3. The van der Waals surface area contributed by atoms with Gasteiger partial charge < -0.3 is 5.41 Å². The molecule has 28 heavy (non-hydrogen) atoms. The van der Waals surface area contributed by atoms with Crippen molar-refractivity contribution in [3.63, 3.8) is 0 Å².